The second-order valence-electron chi connectivity index (χ2n) is 4.85. The molecule has 0 aliphatic carbocycles. The summed E-state index contributed by atoms with van der Waals surface area (Å²) in [6.45, 7) is 0. The molecule has 1 aliphatic heterocycles. The standard InChI is InChI=1S/C16H15Cl2NOS/c1-19-16(10-6-7-11(17)12(18)8-10)14-9-21-15-5-3-2-4-13(15)20-14/h2-8,14,16,19H,9H2,1H3. The Balaban J connectivity index is 1.86. The van der Waals surface area contributed by atoms with Crippen LogP contribution in [0.25, 0.3) is 0 Å². The van der Waals surface area contributed by atoms with Crippen molar-refractivity contribution in [1.29, 1.82) is 0 Å². The van der Waals surface area contributed by atoms with Gasteiger partial charge < -0.3 is 10.1 Å². The van der Waals surface area contributed by atoms with Gasteiger partial charge in [0.1, 0.15) is 11.9 Å². The van der Waals surface area contributed by atoms with Crippen molar-refractivity contribution in [2.75, 3.05) is 12.8 Å². The summed E-state index contributed by atoms with van der Waals surface area (Å²) in [6, 6.07) is 13.9. The SMILES string of the molecule is CNC(c1ccc(Cl)c(Cl)c1)C1CSc2ccccc2O1. The van der Waals surface area contributed by atoms with Crippen molar-refractivity contribution in [3.8, 4) is 5.75 Å². The number of benzene rings is 2. The van der Waals surface area contributed by atoms with Crippen LogP contribution in [-0.4, -0.2) is 18.9 Å². The number of fused-ring (bicyclic) bond motifs is 1. The minimum atomic E-state index is 0.0483. The maximum absolute atomic E-state index is 6.15. The molecule has 0 fully saturated rings. The number of nitrogens with one attached hydrogen (secondary N) is 1. The van der Waals surface area contributed by atoms with Crippen molar-refractivity contribution >= 4 is 35.0 Å². The first-order valence-electron chi connectivity index (χ1n) is 6.69. The Bertz CT molecular complexity index is 650. The van der Waals surface area contributed by atoms with Gasteiger partial charge in [0.25, 0.3) is 0 Å². The van der Waals surface area contributed by atoms with E-state index in [0.29, 0.717) is 10.0 Å². The number of halogens is 2. The molecule has 1 aliphatic rings. The highest BCUT2D eigenvalue weighted by molar-refractivity contribution is 7.99. The lowest BCUT2D eigenvalue weighted by Crippen LogP contribution is -2.37. The summed E-state index contributed by atoms with van der Waals surface area (Å²) in [6.07, 6.45) is 0.0483. The Morgan fingerprint density at radius 1 is 1.19 bits per heavy atom. The van der Waals surface area contributed by atoms with Gasteiger partial charge in [-0.2, -0.15) is 0 Å². The number of thioether (sulfide) groups is 1. The van der Waals surface area contributed by atoms with Crippen LogP contribution in [0.3, 0.4) is 0 Å². The molecule has 2 nitrogen and oxygen atoms in total. The molecule has 5 heteroatoms. The average Bonchev–Trinajstić information content (AvgIpc) is 2.51. The van der Waals surface area contributed by atoms with Gasteiger partial charge in [-0.3, -0.25) is 0 Å². The molecule has 2 atom stereocenters. The Morgan fingerprint density at radius 2 is 2.00 bits per heavy atom. The van der Waals surface area contributed by atoms with Gasteiger partial charge in [-0.25, -0.2) is 0 Å². The highest BCUT2D eigenvalue weighted by Crippen LogP contribution is 2.38. The first kappa shape index (κ1) is 15.0. The molecule has 2 unspecified atom stereocenters. The van der Waals surface area contributed by atoms with E-state index < -0.39 is 0 Å². The van der Waals surface area contributed by atoms with E-state index in [1.165, 1.54) is 4.90 Å². The maximum atomic E-state index is 6.15. The summed E-state index contributed by atoms with van der Waals surface area (Å²) < 4.78 is 6.15. The zero-order chi connectivity index (χ0) is 14.8. The minimum Gasteiger partial charge on any atom is -0.486 e. The van der Waals surface area contributed by atoms with E-state index in [4.69, 9.17) is 27.9 Å². The molecule has 1 N–H and O–H groups in total. The van der Waals surface area contributed by atoms with Gasteiger partial charge in [-0.05, 0) is 36.9 Å². The zero-order valence-electron chi connectivity index (χ0n) is 11.5. The first-order chi connectivity index (χ1) is 10.2. The molecule has 1 heterocycles. The molecule has 0 spiro atoms. The van der Waals surface area contributed by atoms with Crippen LogP contribution in [0, 0.1) is 0 Å². The average molecular weight is 340 g/mol. The van der Waals surface area contributed by atoms with Crippen LogP contribution in [0.1, 0.15) is 11.6 Å². The smallest absolute Gasteiger partial charge is 0.133 e. The van der Waals surface area contributed by atoms with Gasteiger partial charge in [0, 0.05) is 10.6 Å². The van der Waals surface area contributed by atoms with Crippen LogP contribution < -0.4 is 10.1 Å². The summed E-state index contributed by atoms with van der Waals surface area (Å²) >= 11 is 13.9. The Morgan fingerprint density at radius 3 is 2.76 bits per heavy atom. The van der Waals surface area contributed by atoms with Gasteiger partial charge in [0.15, 0.2) is 0 Å². The fourth-order valence-corrected chi connectivity index (χ4v) is 3.82. The van der Waals surface area contributed by atoms with Gasteiger partial charge in [-0.15, -0.1) is 11.8 Å². The lowest BCUT2D eigenvalue weighted by atomic mass is 10.0. The second-order valence-corrected chi connectivity index (χ2v) is 6.73. The maximum Gasteiger partial charge on any atom is 0.133 e. The van der Waals surface area contributed by atoms with E-state index in [0.717, 1.165) is 17.1 Å². The van der Waals surface area contributed by atoms with E-state index in [-0.39, 0.29) is 12.1 Å². The van der Waals surface area contributed by atoms with Gasteiger partial charge in [-0.1, -0.05) is 41.4 Å². The minimum absolute atomic E-state index is 0.0483. The number of para-hydroxylation sites is 1. The molecule has 2 aromatic carbocycles. The highest BCUT2D eigenvalue weighted by atomic mass is 35.5. The van der Waals surface area contributed by atoms with Crippen LogP contribution >= 0.6 is 35.0 Å². The molecule has 2 aromatic rings. The quantitative estimate of drug-likeness (QED) is 0.867. The Labute approximate surface area is 138 Å². The molecule has 110 valence electrons. The Hall–Kier alpha value is -0.870. The summed E-state index contributed by atoms with van der Waals surface area (Å²) in [7, 11) is 1.93. The van der Waals surface area contributed by atoms with Gasteiger partial charge in [0.2, 0.25) is 0 Å². The monoisotopic (exact) mass is 339 g/mol. The summed E-state index contributed by atoms with van der Waals surface area (Å²) in [4.78, 5) is 1.19. The van der Waals surface area contributed by atoms with Crippen LogP contribution in [0.5, 0.6) is 5.75 Å². The summed E-state index contributed by atoms with van der Waals surface area (Å²) in [5, 5.41) is 4.46. The van der Waals surface area contributed by atoms with Crippen molar-refractivity contribution in [2.45, 2.75) is 17.0 Å². The normalized spacial score (nSPS) is 18.7. The molecule has 0 amide bonds. The van der Waals surface area contributed by atoms with Crippen LogP contribution in [-0.2, 0) is 0 Å². The molecule has 0 saturated heterocycles. The number of hydrogen-bond donors (Lipinski definition) is 1. The number of hydrogen-bond acceptors (Lipinski definition) is 3. The zero-order valence-corrected chi connectivity index (χ0v) is 13.8. The fourth-order valence-electron chi connectivity index (χ4n) is 2.47. The van der Waals surface area contributed by atoms with Crippen molar-refractivity contribution in [3.63, 3.8) is 0 Å². The van der Waals surface area contributed by atoms with Crippen LogP contribution in [0.15, 0.2) is 47.4 Å². The summed E-state index contributed by atoms with van der Waals surface area (Å²) in [5.74, 6) is 1.84. The van der Waals surface area contributed by atoms with Gasteiger partial charge in [0.05, 0.1) is 16.1 Å². The predicted octanol–water partition coefficient (Wildman–Crippen LogP) is 4.81. The van der Waals surface area contributed by atoms with E-state index in [1.54, 1.807) is 0 Å². The number of ether oxygens (including phenoxy) is 1. The van der Waals surface area contributed by atoms with Crippen molar-refractivity contribution < 1.29 is 4.74 Å². The Kier molecular flexibility index (Phi) is 4.65. The molecular weight excluding hydrogens is 325 g/mol. The third-order valence-corrected chi connectivity index (χ3v) is 5.40. The number of likely N-dealkylation sites (N-methyl/N-ethyl adjacent to an activating group) is 1. The van der Waals surface area contributed by atoms with Crippen molar-refractivity contribution in [2.24, 2.45) is 0 Å². The van der Waals surface area contributed by atoms with Crippen molar-refractivity contribution in [1.82, 2.24) is 5.32 Å². The third kappa shape index (κ3) is 3.16. The van der Waals surface area contributed by atoms with E-state index >= 15 is 0 Å². The first-order valence-corrected chi connectivity index (χ1v) is 8.44. The third-order valence-electron chi connectivity index (χ3n) is 3.52. The second kappa shape index (κ2) is 6.49. The lowest BCUT2D eigenvalue weighted by Gasteiger charge is -2.32. The van der Waals surface area contributed by atoms with Crippen LogP contribution in [0.2, 0.25) is 10.0 Å². The number of rotatable bonds is 3. The van der Waals surface area contributed by atoms with E-state index in [2.05, 4.69) is 11.4 Å². The lowest BCUT2D eigenvalue weighted by molar-refractivity contribution is 0.171. The topological polar surface area (TPSA) is 21.3 Å². The fraction of sp³-hybridized carbons (Fsp3) is 0.250. The van der Waals surface area contributed by atoms with E-state index in [1.807, 2.05) is 55.2 Å². The summed E-state index contributed by atoms with van der Waals surface area (Å²) in [5.41, 5.74) is 1.08. The molecular formula is C16H15Cl2NOS. The molecule has 3 rings (SSSR count). The molecule has 0 aromatic heterocycles. The van der Waals surface area contributed by atoms with Crippen LogP contribution in [0.4, 0.5) is 0 Å². The van der Waals surface area contributed by atoms with Crippen molar-refractivity contribution in [3.05, 3.63) is 58.1 Å². The van der Waals surface area contributed by atoms with E-state index in [9.17, 15) is 0 Å². The highest BCUT2D eigenvalue weighted by Gasteiger charge is 2.28. The molecule has 0 bridgehead atoms. The predicted molar refractivity (Wildman–Crippen MR) is 89.8 cm³/mol. The van der Waals surface area contributed by atoms with Gasteiger partial charge >= 0.3 is 0 Å². The largest absolute Gasteiger partial charge is 0.486 e. The molecule has 21 heavy (non-hydrogen) atoms. The molecule has 0 radical (unpaired) electrons. The molecule has 0 saturated carbocycles.